The maximum atomic E-state index is 5.93. The summed E-state index contributed by atoms with van der Waals surface area (Å²) in [7, 11) is 0. The Hall–Kier alpha value is -2.44. The molecule has 1 aromatic heterocycles. The van der Waals surface area contributed by atoms with Gasteiger partial charge in [0.05, 0.1) is 12.8 Å². The average molecular weight is 373 g/mol. The quantitative estimate of drug-likeness (QED) is 0.493. The van der Waals surface area contributed by atoms with E-state index >= 15 is 0 Å². The lowest BCUT2D eigenvalue weighted by atomic mass is 10.2. The normalized spacial score (nSPS) is 11.1. The standard InChI is InChI=1S/C18H17ClN4OS/c1-2-11-24-16-9-3-13(4-10-16)12-20-23-17(21-22-18(23)25)14-5-7-15(19)8-6-14/h3-10,12H,2,11H2,1H3,(H,22,25)/b20-12-. The van der Waals surface area contributed by atoms with Crippen molar-refractivity contribution >= 4 is 30.0 Å². The smallest absolute Gasteiger partial charge is 0.216 e. The van der Waals surface area contributed by atoms with E-state index in [9.17, 15) is 0 Å². The summed E-state index contributed by atoms with van der Waals surface area (Å²) in [4.78, 5) is 0. The molecule has 7 heteroatoms. The Labute approximate surface area is 155 Å². The number of rotatable bonds is 6. The molecule has 0 bridgehead atoms. The molecule has 128 valence electrons. The summed E-state index contributed by atoms with van der Waals surface area (Å²) in [5.74, 6) is 1.47. The first kappa shape index (κ1) is 17.4. The predicted octanol–water partition coefficient (Wildman–Crippen LogP) is 4.93. The molecule has 0 aliphatic rings. The van der Waals surface area contributed by atoms with Gasteiger partial charge in [-0.15, -0.1) is 0 Å². The van der Waals surface area contributed by atoms with E-state index < -0.39 is 0 Å². The summed E-state index contributed by atoms with van der Waals surface area (Å²) in [6.07, 6.45) is 2.71. The monoisotopic (exact) mass is 372 g/mol. The maximum absolute atomic E-state index is 5.93. The van der Waals surface area contributed by atoms with Crippen LogP contribution in [0.4, 0.5) is 0 Å². The van der Waals surface area contributed by atoms with Crippen molar-refractivity contribution in [3.8, 4) is 17.1 Å². The molecular formula is C18H17ClN4OS. The molecule has 3 aromatic rings. The van der Waals surface area contributed by atoms with Gasteiger partial charge in [0.15, 0.2) is 5.82 Å². The molecule has 1 heterocycles. The molecule has 0 aliphatic heterocycles. The van der Waals surface area contributed by atoms with Crippen LogP contribution < -0.4 is 4.74 Å². The van der Waals surface area contributed by atoms with E-state index in [1.807, 2.05) is 36.4 Å². The van der Waals surface area contributed by atoms with Gasteiger partial charge in [-0.2, -0.15) is 14.9 Å². The van der Waals surface area contributed by atoms with Gasteiger partial charge in [0, 0.05) is 10.6 Å². The molecule has 0 fully saturated rings. The molecule has 0 saturated heterocycles. The van der Waals surface area contributed by atoms with Gasteiger partial charge in [-0.3, -0.25) is 0 Å². The summed E-state index contributed by atoms with van der Waals surface area (Å²) in [5, 5.41) is 12.1. The zero-order valence-corrected chi connectivity index (χ0v) is 15.2. The lowest BCUT2D eigenvalue weighted by Gasteiger charge is -2.04. The molecule has 0 aliphatic carbocycles. The van der Waals surface area contributed by atoms with Crippen LogP contribution in [-0.2, 0) is 0 Å². The van der Waals surface area contributed by atoms with Crippen LogP contribution in [-0.4, -0.2) is 27.7 Å². The minimum absolute atomic E-state index is 0.420. The minimum Gasteiger partial charge on any atom is -0.494 e. The number of halogens is 1. The number of H-pyrrole nitrogens is 1. The van der Waals surface area contributed by atoms with E-state index in [1.165, 1.54) is 0 Å². The fourth-order valence-corrected chi connectivity index (χ4v) is 2.48. The van der Waals surface area contributed by atoms with Gasteiger partial charge in [-0.25, -0.2) is 5.10 Å². The molecular weight excluding hydrogens is 356 g/mol. The molecule has 3 rings (SSSR count). The molecule has 5 nitrogen and oxygen atoms in total. The van der Waals surface area contributed by atoms with Crippen molar-refractivity contribution in [2.24, 2.45) is 5.10 Å². The molecule has 0 saturated carbocycles. The van der Waals surface area contributed by atoms with Crippen LogP contribution in [0.25, 0.3) is 11.4 Å². The molecule has 0 unspecified atom stereocenters. The summed E-state index contributed by atoms with van der Waals surface area (Å²) in [6.45, 7) is 2.79. The van der Waals surface area contributed by atoms with Gasteiger partial charge >= 0.3 is 0 Å². The second-order valence-electron chi connectivity index (χ2n) is 5.33. The first-order valence-corrected chi connectivity index (χ1v) is 8.66. The third-order valence-corrected chi connectivity index (χ3v) is 3.94. The van der Waals surface area contributed by atoms with Gasteiger partial charge in [0.25, 0.3) is 0 Å². The number of hydrogen-bond donors (Lipinski definition) is 1. The van der Waals surface area contributed by atoms with Crippen molar-refractivity contribution in [1.29, 1.82) is 0 Å². The summed E-state index contributed by atoms with van der Waals surface area (Å²) < 4.78 is 7.58. The van der Waals surface area contributed by atoms with E-state index in [0.717, 1.165) is 23.3 Å². The highest BCUT2D eigenvalue weighted by atomic mass is 35.5. The lowest BCUT2D eigenvalue weighted by Crippen LogP contribution is -1.96. The third-order valence-electron chi connectivity index (χ3n) is 3.43. The molecule has 0 atom stereocenters. The van der Waals surface area contributed by atoms with Gasteiger partial charge in [-0.1, -0.05) is 18.5 Å². The molecule has 1 N–H and O–H groups in total. The highest BCUT2D eigenvalue weighted by molar-refractivity contribution is 7.71. The van der Waals surface area contributed by atoms with E-state index in [4.69, 9.17) is 28.6 Å². The van der Waals surface area contributed by atoms with E-state index in [-0.39, 0.29) is 0 Å². The lowest BCUT2D eigenvalue weighted by molar-refractivity contribution is 0.317. The second kappa shape index (κ2) is 8.09. The largest absolute Gasteiger partial charge is 0.494 e. The Bertz CT molecular complexity index is 913. The zero-order chi connectivity index (χ0) is 17.6. The van der Waals surface area contributed by atoms with Crippen LogP contribution in [0.2, 0.25) is 5.02 Å². The molecule has 2 aromatic carbocycles. The predicted molar refractivity (Wildman–Crippen MR) is 103 cm³/mol. The van der Waals surface area contributed by atoms with Crippen molar-refractivity contribution in [2.75, 3.05) is 6.61 Å². The highest BCUT2D eigenvalue weighted by Crippen LogP contribution is 2.20. The summed E-state index contributed by atoms with van der Waals surface area (Å²) in [5.41, 5.74) is 1.81. The van der Waals surface area contributed by atoms with Crippen molar-refractivity contribution in [3.63, 3.8) is 0 Å². The van der Waals surface area contributed by atoms with Crippen LogP contribution in [0.5, 0.6) is 5.75 Å². The topological polar surface area (TPSA) is 55.2 Å². The number of aromatic nitrogens is 3. The van der Waals surface area contributed by atoms with Crippen LogP contribution in [0.3, 0.4) is 0 Å². The van der Waals surface area contributed by atoms with Crippen LogP contribution in [0, 0.1) is 4.77 Å². The SMILES string of the molecule is CCCOc1ccc(/C=N\n2c(-c3ccc(Cl)cc3)n[nH]c2=S)cc1. The highest BCUT2D eigenvalue weighted by Gasteiger charge is 2.07. The van der Waals surface area contributed by atoms with Crippen molar-refractivity contribution in [2.45, 2.75) is 13.3 Å². The van der Waals surface area contributed by atoms with E-state index in [1.54, 1.807) is 23.0 Å². The summed E-state index contributed by atoms with van der Waals surface area (Å²) in [6, 6.07) is 15.1. The number of aromatic amines is 1. The molecule has 0 radical (unpaired) electrons. The number of nitrogens with zero attached hydrogens (tertiary/aromatic N) is 3. The Morgan fingerprint density at radius 1 is 1.20 bits per heavy atom. The number of nitrogens with one attached hydrogen (secondary N) is 1. The third kappa shape index (κ3) is 4.35. The number of benzene rings is 2. The van der Waals surface area contributed by atoms with E-state index in [2.05, 4.69) is 22.2 Å². The van der Waals surface area contributed by atoms with Crippen LogP contribution in [0.15, 0.2) is 53.6 Å². The first-order chi connectivity index (χ1) is 12.2. The minimum atomic E-state index is 0.420. The molecule has 0 amide bonds. The summed E-state index contributed by atoms with van der Waals surface area (Å²) >= 11 is 11.2. The Balaban J connectivity index is 1.83. The van der Waals surface area contributed by atoms with Gasteiger partial charge < -0.3 is 4.74 Å². The van der Waals surface area contributed by atoms with Crippen molar-refractivity contribution in [3.05, 3.63) is 63.9 Å². The first-order valence-electron chi connectivity index (χ1n) is 7.88. The molecule has 25 heavy (non-hydrogen) atoms. The van der Waals surface area contributed by atoms with Gasteiger partial charge in [-0.05, 0) is 72.7 Å². The Morgan fingerprint density at radius 3 is 2.60 bits per heavy atom. The number of hydrogen-bond acceptors (Lipinski definition) is 4. The van der Waals surface area contributed by atoms with Gasteiger partial charge in [0.2, 0.25) is 4.77 Å². The Kier molecular flexibility index (Phi) is 5.63. The zero-order valence-electron chi connectivity index (χ0n) is 13.6. The fourth-order valence-electron chi connectivity index (χ4n) is 2.18. The van der Waals surface area contributed by atoms with E-state index in [0.29, 0.717) is 22.2 Å². The fraction of sp³-hybridized carbons (Fsp3) is 0.167. The van der Waals surface area contributed by atoms with Crippen LogP contribution in [0.1, 0.15) is 18.9 Å². The molecule has 0 spiro atoms. The van der Waals surface area contributed by atoms with Gasteiger partial charge in [0.1, 0.15) is 5.75 Å². The van der Waals surface area contributed by atoms with Crippen molar-refractivity contribution in [1.82, 2.24) is 14.9 Å². The Morgan fingerprint density at radius 2 is 1.92 bits per heavy atom. The van der Waals surface area contributed by atoms with Crippen LogP contribution >= 0.6 is 23.8 Å². The maximum Gasteiger partial charge on any atom is 0.216 e. The average Bonchev–Trinajstić information content (AvgIpc) is 3.00. The second-order valence-corrected chi connectivity index (χ2v) is 6.16. The van der Waals surface area contributed by atoms with Crippen molar-refractivity contribution < 1.29 is 4.74 Å². The number of ether oxygens (including phenoxy) is 1.